The molecule has 2 rings (SSSR count). The Kier molecular flexibility index (Phi) is 5.76. The van der Waals surface area contributed by atoms with Gasteiger partial charge in [0.25, 0.3) is 0 Å². The topological polar surface area (TPSA) is 32.3 Å². The highest BCUT2D eigenvalue weighted by atomic mass is 19.1. The Morgan fingerprint density at radius 1 is 1.09 bits per heavy atom. The van der Waals surface area contributed by atoms with Crippen molar-refractivity contribution < 1.29 is 9.18 Å². The molecule has 1 amide bonds. The molecule has 1 N–H and O–H groups in total. The summed E-state index contributed by atoms with van der Waals surface area (Å²) in [4.78, 5) is 13.8. The molecule has 0 saturated carbocycles. The zero-order valence-corrected chi connectivity index (χ0v) is 13.3. The normalized spacial score (nSPS) is 9.70. The fourth-order valence-corrected chi connectivity index (χ4v) is 1.98. The van der Waals surface area contributed by atoms with Crippen molar-refractivity contribution in [3.05, 3.63) is 65.5 Å². The molecular weight excluding hydrogens is 291 g/mol. The van der Waals surface area contributed by atoms with E-state index < -0.39 is 0 Å². The Bertz CT molecular complexity index is 710. The maximum absolute atomic E-state index is 12.8. The van der Waals surface area contributed by atoms with E-state index >= 15 is 0 Å². The van der Waals surface area contributed by atoms with Gasteiger partial charge in [0, 0.05) is 25.3 Å². The third-order valence-corrected chi connectivity index (χ3v) is 3.27. The van der Waals surface area contributed by atoms with Crippen molar-refractivity contribution in [1.29, 1.82) is 0 Å². The Morgan fingerprint density at radius 2 is 1.74 bits per heavy atom. The molecule has 2 aromatic carbocycles. The van der Waals surface area contributed by atoms with E-state index in [0.717, 1.165) is 16.8 Å². The first kappa shape index (κ1) is 16.6. The van der Waals surface area contributed by atoms with Crippen LogP contribution in [0.1, 0.15) is 11.1 Å². The summed E-state index contributed by atoms with van der Waals surface area (Å²) >= 11 is 0. The second kappa shape index (κ2) is 8.00. The van der Waals surface area contributed by atoms with E-state index in [1.54, 1.807) is 12.1 Å². The first-order chi connectivity index (χ1) is 11.0. The maximum Gasteiger partial charge on any atom is 0.225 e. The Hall–Kier alpha value is -2.80. The van der Waals surface area contributed by atoms with Crippen LogP contribution in [0.4, 0.5) is 10.1 Å². The van der Waals surface area contributed by atoms with E-state index in [-0.39, 0.29) is 24.7 Å². The predicted molar refractivity (Wildman–Crippen MR) is 90.8 cm³/mol. The Balaban J connectivity index is 1.80. The minimum Gasteiger partial charge on any atom is -0.378 e. The Morgan fingerprint density at radius 3 is 2.35 bits per heavy atom. The lowest BCUT2D eigenvalue weighted by Gasteiger charge is -2.11. The predicted octanol–water partition coefficient (Wildman–Crippen LogP) is 2.60. The van der Waals surface area contributed by atoms with Crippen molar-refractivity contribution in [3.8, 4) is 11.8 Å². The lowest BCUT2D eigenvalue weighted by Crippen LogP contribution is -2.25. The van der Waals surface area contributed by atoms with Crippen LogP contribution in [0, 0.1) is 17.7 Å². The summed E-state index contributed by atoms with van der Waals surface area (Å²) in [6.45, 7) is 0.287. The molecule has 118 valence electrons. The largest absolute Gasteiger partial charge is 0.378 e. The van der Waals surface area contributed by atoms with Gasteiger partial charge in [0.15, 0.2) is 0 Å². The summed E-state index contributed by atoms with van der Waals surface area (Å²) < 4.78 is 12.8. The number of amides is 1. The number of carbonyl (C=O) groups excluding carboxylic acids is 1. The molecule has 0 heterocycles. The average Bonchev–Trinajstić information content (AvgIpc) is 2.54. The van der Waals surface area contributed by atoms with Gasteiger partial charge >= 0.3 is 0 Å². The number of carbonyl (C=O) groups is 1. The van der Waals surface area contributed by atoms with Crippen molar-refractivity contribution in [3.63, 3.8) is 0 Å². The minimum absolute atomic E-state index is 0.131. The lowest BCUT2D eigenvalue weighted by atomic mass is 10.1. The van der Waals surface area contributed by atoms with Crippen LogP contribution in [-0.2, 0) is 11.2 Å². The molecule has 2 aromatic rings. The molecule has 23 heavy (non-hydrogen) atoms. The SMILES string of the molecule is CN(C)c1ccc(C#CCNC(=O)Cc2ccc(F)cc2)cc1. The second-order valence-corrected chi connectivity index (χ2v) is 5.32. The van der Waals surface area contributed by atoms with Gasteiger partial charge in [-0.05, 0) is 42.0 Å². The van der Waals surface area contributed by atoms with E-state index in [4.69, 9.17) is 0 Å². The maximum atomic E-state index is 12.8. The van der Waals surface area contributed by atoms with Crippen LogP contribution in [0.3, 0.4) is 0 Å². The van der Waals surface area contributed by atoms with Crippen molar-refractivity contribution in [2.24, 2.45) is 0 Å². The lowest BCUT2D eigenvalue weighted by molar-refractivity contribution is -0.120. The average molecular weight is 310 g/mol. The third kappa shape index (κ3) is 5.48. The molecule has 0 aromatic heterocycles. The van der Waals surface area contributed by atoms with Crippen LogP contribution in [0.15, 0.2) is 48.5 Å². The van der Waals surface area contributed by atoms with E-state index in [2.05, 4.69) is 17.2 Å². The highest BCUT2D eigenvalue weighted by Crippen LogP contribution is 2.11. The standard InChI is InChI=1S/C19H19FN2O/c1-22(2)18-11-7-15(8-12-18)4-3-13-21-19(23)14-16-5-9-17(20)10-6-16/h5-12H,13-14H2,1-2H3,(H,21,23). The zero-order valence-electron chi connectivity index (χ0n) is 13.3. The fraction of sp³-hybridized carbons (Fsp3) is 0.211. The number of rotatable bonds is 4. The molecule has 0 spiro atoms. The van der Waals surface area contributed by atoms with E-state index in [1.165, 1.54) is 12.1 Å². The van der Waals surface area contributed by atoms with Crippen LogP contribution in [-0.4, -0.2) is 26.5 Å². The molecular formula is C19H19FN2O. The van der Waals surface area contributed by atoms with Crippen molar-refractivity contribution in [2.45, 2.75) is 6.42 Å². The molecule has 0 saturated heterocycles. The van der Waals surface area contributed by atoms with Crippen LogP contribution in [0.2, 0.25) is 0 Å². The van der Waals surface area contributed by atoms with Gasteiger partial charge in [0.05, 0.1) is 13.0 Å². The number of nitrogens with one attached hydrogen (secondary N) is 1. The van der Waals surface area contributed by atoms with Crippen molar-refractivity contribution in [2.75, 3.05) is 25.5 Å². The van der Waals surface area contributed by atoms with Gasteiger partial charge in [0.1, 0.15) is 5.82 Å². The minimum atomic E-state index is -0.305. The summed E-state index contributed by atoms with van der Waals surface area (Å²) in [5, 5.41) is 2.73. The van der Waals surface area contributed by atoms with Crippen molar-refractivity contribution in [1.82, 2.24) is 5.32 Å². The first-order valence-electron chi connectivity index (χ1n) is 7.32. The molecule has 0 unspecified atom stereocenters. The summed E-state index contributed by atoms with van der Waals surface area (Å²) in [6.07, 6.45) is 0.222. The highest BCUT2D eigenvalue weighted by Gasteiger charge is 2.01. The monoisotopic (exact) mass is 310 g/mol. The molecule has 0 fully saturated rings. The first-order valence-corrected chi connectivity index (χ1v) is 7.32. The number of hydrogen-bond donors (Lipinski definition) is 1. The third-order valence-electron chi connectivity index (χ3n) is 3.27. The molecule has 0 bridgehead atoms. The number of nitrogens with zero attached hydrogens (tertiary/aromatic N) is 1. The molecule has 3 nitrogen and oxygen atoms in total. The van der Waals surface area contributed by atoms with Crippen molar-refractivity contribution >= 4 is 11.6 Å². The van der Waals surface area contributed by atoms with Gasteiger partial charge in [-0.15, -0.1) is 0 Å². The Labute approximate surface area is 136 Å². The van der Waals surface area contributed by atoms with E-state index in [0.29, 0.717) is 0 Å². The van der Waals surface area contributed by atoms with E-state index in [1.807, 2.05) is 43.3 Å². The van der Waals surface area contributed by atoms with Crippen LogP contribution in [0.5, 0.6) is 0 Å². The number of hydrogen-bond acceptors (Lipinski definition) is 2. The molecule has 0 aliphatic heterocycles. The van der Waals surface area contributed by atoms with Crippen LogP contribution >= 0.6 is 0 Å². The van der Waals surface area contributed by atoms with Crippen LogP contribution < -0.4 is 10.2 Å². The van der Waals surface area contributed by atoms with Gasteiger partial charge in [-0.1, -0.05) is 24.0 Å². The van der Waals surface area contributed by atoms with Gasteiger partial charge in [-0.25, -0.2) is 4.39 Å². The second-order valence-electron chi connectivity index (χ2n) is 5.32. The fourth-order valence-electron chi connectivity index (χ4n) is 1.98. The smallest absolute Gasteiger partial charge is 0.225 e. The van der Waals surface area contributed by atoms with Gasteiger partial charge < -0.3 is 10.2 Å². The molecule has 0 aliphatic rings. The number of anilines is 1. The summed E-state index contributed by atoms with van der Waals surface area (Å²) in [5.74, 6) is 5.49. The molecule has 0 aliphatic carbocycles. The number of benzene rings is 2. The van der Waals surface area contributed by atoms with Gasteiger partial charge in [-0.2, -0.15) is 0 Å². The quantitative estimate of drug-likeness (QED) is 0.881. The summed E-state index contributed by atoms with van der Waals surface area (Å²) in [6, 6.07) is 13.8. The zero-order chi connectivity index (χ0) is 16.7. The summed E-state index contributed by atoms with van der Waals surface area (Å²) in [7, 11) is 3.97. The van der Waals surface area contributed by atoms with E-state index in [9.17, 15) is 9.18 Å². The summed E-state index contributed by atoms with van der Waals surface area (Å²) in [5.41, 5.74) is 2.79. The van der Waals surface area contributed by atoms with Gasteiger partial charge in [-0.3, -0.25) is 4.79 Å². The number of halogens is 1. The van der Waals surface area contributed by atoms with Crippen LogP contribution in [0.25, 0.3) is 0 Å². The molecule has 4 heteroatoms. The molecule has 0 radical (unpaired) electrons. The highest BCUT2D eigenvalue weighted by molar-refractivity contribution is 5.78. The molecule has 0 atom stereocenters. The van der Waals surface area contributed by atoms with Gasteiger partial charge in [0.2, 0.25) is 5.91 Å².